The highest BCUT2D eigenvalue weighted by Gasteiger charge is 2.49. The molecular formula is C18H26. The first kappa shape index (κ1) is 12.3. The molecule has 0 unspecified atom stereocenters. The van der Waals surface area contributed by atoms with Crippen LogP contribution in [0.4, 0.5) is 0 Å². The van der Waals surface area contributed by atoms with E-state index >= 15 is 0 Å². The van der Waals surface area contributed by atoms with Crippen LogP contribution in [0.1, 0.15) is 63.1 Å². The molecule has 0 aliphatic heterocycles. The van der Waals surface area contributed by atoms with Crippen LogP contribution in [0.3, 0.4) is 0 Å². The van der Waals surface area contributed by atoms with E-state index in [1.807, 2.05) is 0 Å². The Labute approximate surface area is 112 Å². The van der Waals surface area contributed by atoms with Crippen LogP contribution in [-0.2, 0) is 11.8 Å². The summed E-state index contributed by atoms with van der Waals surface area (Å²) in [6.07, 6.45) is 6.87. The SMILES string of the molecule is Cc1ccc2c(c1)[C@@]1(C)CCCC(C)(C)[C@@H]1CC2. The number of hydrogen-bond acceptors (Lipinski definition) is 0. The summed E-state index contributed by atoms with van der Waals surface area (Å²) >= 11 is 0. The molecule has 2 aliphatic carbocycles. The van der Waals surface area contributed by atoms with E-state index in [1.54, 1.807) is 11.1 Å². The molecule has 18 heavy (non-hydrogen) atoms. The summed E-state index contributed by atoms with van der Waals surface area (Å²) in [5.41, 5.74) is 5.68. The van der Waals surface area contributed by atoms with Gasteiger partial charge in [-0.1, -0.05) is 51.0 Å². The van der Waals surface area contributed by atoms with Gasteiger partial charge in [0.15, 0.2) is 0 Å². The number of aryl methyl sites for hydroxylation is 2. The van der Waals surface area contributed by atoms with E-state index in [4.69, 9.17) is 0 Å². The number of rotatable bonds is 0. The Balaban J connectivity index is 2.13. The molecule has 0 heteroatoms. The third-order valence-corrected chi connectivity index (χ3v) is 5.81. The molecule has 0 bridgehead atoms. The molecule has 1 saturated carbocycles. The Morgan fingerprint density at radius 2 is 1.89 bits per heavy atom. The topological polar surface area (TPSA) is 0 Å². The standard InChI is InChI=1S/C18H26/c1-13-6-7-14-8-9-16-17(2,3)10-5-11-18(16,4)15(14)12-13/h6-7,12,16H,5,8-11H2,1-4H3/t16-,18+/m0/s1. The van der Waals surface area contributed by atoms with Crippen LogP contribution < -0.4 is 0 Å². The van der Waals surface area contributed by atoms with Gasteiger partial charge in [-0.15, -0.1) is 0 Å². The lowest BCUT2D eigenvalue weighted by Crippen LogP contribution is -2.47. The van der Waals surface area contributed by atoms with Gasteiger partial charge in [0.2, 0.25) is 0 Å². The highest BCUT2D eigenvalue weighted by molar-refractivity contribution is 5.41. The molecule has 1 fully saturated rings. The van der Waals surface area contributed by atoms with Crippen molar-refractivity contribution in [2.24, 2.45) is 11.3 Å². The van der Waals surface area contributed by atoms with Gasteiger partial charge in [0.25, 0.3) is 0 Å². The normalized spacial score (nSPS) is 33.7. The first-order chi connectivity index (χ1) is 8.43. The third-order valence-electron chi connectivity index (χ3n) is 5.81. The summed E-state index contributed by atoms with van der Waals surface area (Å²) < 4.78 is 0. The van der Waals surface area contributed by atoms with Gasteiger partial charge in [0.1, 0.15) is 0 Å². The average Bonchev–Trinajstić information content (AvgIpc) is 2.29. The largest absolute Gasteiger partial charge is 0.0596 e. The number of hydrogen-bond donors (Lipinski definition) is 0. The van der Waals surface area contributed by atoms with E-state index in [-0.39, 0.29) is 0 Å². The molecule has 98 valence electrons. The zero-order chi connectivity index (χ0) is 13.0. The molecule has 0 saturated heterocycles. The van der Waals surface area contributed by atoms with Crippen molar-refractivity contribution in [3.63, 3.8) is 0 Å². The van der Waals surface area contributed by atoms with Crippen molar-refractivity contribution < 1.29 is 0 Å². The minimum absolute atomic E-state index is 0.432. The first-order valence-corrected chi connectivity index (χ1v) is 7.53. The molecule has 1 aromatic rings. The Kier molecular flexibility index (Phi) is 2.63. The number of benzene rings is 1. The molecule has 2 atom stereocenters. The Morgan fingerprint density at radius 1 is 1.11 bits per heavy atom. The van der Waals surface area contributed by atoms with Gasteiger partial charge in [-0.3, -0.25) is 0 Å². The summed E-state index contributed by atoms with van der Waals surface area (Å²) in [7, 11) is 0. The Morgan fingerprint density at radius 3 is 2.67 bits per heavy atom. The van der Waals surface area contributed by atoms with Gasteiger partial charge in [0, 0.05) is 0 Å². The zero-order valence-corrected chi connectivity index (χ0v) is 12.3. The highest BCUT2D eigenvalue weighted by Crippen LogP contribution is 2.56. The lowest BCUT2D eigenvalue weighted by molar-refractivity contribution is 0.0407. The molecule has 0 spiro atoms. The van der Waals surface area contributed by atoms with E-state index in [0.717, 1.165) is 5.92 Å². The Hall–Kier alpha value is -0.780. The fourth-order valence-electron chi connectivity index (χ4n) is 4.89. The maximum Gasteiger partial charge on any atom is -0.00390 e. The highest BCUT2D eigenvalue weighted by atomic mass is 14.5. The molecule has 0 N–H and O–H groups in total. The second-order valence-electron chi connectivity index (χ2n) is 7.51. The van der Waals surface area contributed by atoms with Crippen molar-refractivity contribution in [1.29, 1.82) is 0 Å². The second kappa shape index (κ2) is 3.85. The van der Waals surface area contributed by atoms with E-state index in [0.29, 0.717) is 10.8 Å². The quantitative estimate of drug-likeness (QED) is 0.599. The van der Waals surface area contributed by atoms with Crippen LogP contribution in [0.5, 0.6) is 0 Å². The molecule has 2 aliphatic rings. The molecular weight excluding hydrogens is 216 g/mol. The second-order valence-corrected chi connectivity index (χ2v) is 7.51. The molecule has 0 amide bonds. The lowest BCUT2D eigenvalue weighted by Gasteiger charge is -2.54. The molecule has 0 heterocycles. The minimum Gasteiger partial charge on any atom is -0.0596 e. The van der Waals surface area contributed by atoms with Gasteiger partial charge in [0.05, 0.1) is 0 Å². The fraction of sp³-hybridized carbons (Fsp3) is 0.667. The van der Waals surface area contributed by atoms with Crippen LogP contribution >= 0.6 is 0 Å². The van der Waals surface area contributed by atoms with Crippen LogP contribution in [0.2, 0.25) is 0 Å². The number of fused-ring (bicyclic) bond motifs is 3. The maximum absolute atomic E-state index is 2.54. The molecule has 3 rings (SSSR count). The molecule has 1 aromatic carbocycles. The maximum atomic E-state index is 2.54. The van der Waals surface area contributed by atoms with Crippen molar-refractivity contribution in [2.75, 3.05) is 0 Å². The van der Waals surface area contributed by atoms with E-state index in [1.165, 1.54) is 37.7 Å². The van der Waals surface area contributed by atoms with Crippen molar-refractivity contribution in [3.8, 4) is 0 Å². The minimum atomic E-state index is 0.432. The first-order valence-electron chi connectivity index (χ1n) is 7.53. The summed E-state index contributed by atoms with van der Waals surface area (Å²) in [5, 5.41) is 0. The average molecular weight is 242 g/mol. The third kappa shape index (κ3) is 1.65. The van der Waals surface area contributed by atoms with Crippen LogP contribution in [-0.4, -0.2) is 0 Å². The van der Waals surface area contributed by atoms with Gasteiger partial charge >= 0.3 is 0 Å². The summed E-state index contributed by atoms with van der Waals surface area (Å²) in [4.78, 5) is 0. The summed E-state index contributed by atoms with van der Waals surface area (Å²) in [6, 6.07) is 7.15. The molecule has 0 nitrogen and oxygen atoms in total. The van der Waals surface area contributed by atoms with Gasteiger partial charge in [-0.2, -0.15) is 0 Å². The zero-order valence-electron chi connectivity index (χ0n) is 12.3. The fourth-order valence-corrected chi connectivity index (χ4v) is 4.89. The Bertz CT molecular complexity index is 469. The predicted octanol–water partition coefficient (Wildman–Crippen LogP) is 5.03. The van der Waals surface area contributed by atoms with E-state index in [9.17, 15) is 0 Å². The monoisotopic (exact) mass is 242 g/mol. The van der Waals surface area contributed by atoms with Crippen LogP contribution in [0, 0.1) is 18.3 Å². The van der Waals surface area contributed by atoms with Crippen molar-refractivity contribution in [3.05, 3.63) is 34.9 Å². The van der Waals surface area contributed by atoms with Gasteiger partial charge in [-0.05, 0) is 60.5 Å². The van der Waals surface area contributed by atoms with Gasteiger partial charge < -0.3 is 0 Å². The predicted molar refractivity (Wildman–Crippen MR) is 78.0 cm³/mol. The van der Waals surface area contributed by atoms with E-state index in [2.05, 4.69) is 45.9 Å². The van der Waals surface area contributed by atoms with Crippen molar-refractivity contribution in [2.45, 2.75) is 65.2 Å². The molecule has 0 radical (unpaired) electrons. The smallest absolute Gasteiger partial charge is 0.00390 e. The lowest BCUT2D eigenvalue weighted by atomic mass is 9.50. The van der Waals surface area contributed by atoms with E-state index < -0.39 is 0 Å². The van der Waals surface area contributed by atoms with Crippen LogP contribution in [0.15, 0.2) is 18.2 Å². The summed E-state index contributed by atoms with van der Waals surface area (Å²) in [5.74, 6) is 0.869. The summed E-state index contributed by atoms with van der Waals surface area (Å²) in [6.45, 7) is 9.77. The van der Waals surface area contributed by atoms with Gasteiger partial charge in [-0.25, -0.2) is 0 Å². The molecule has 0 aromatic heterocycles. The van der Waals surface area contributed by atoms with Crippen LogP contribution in [0.25, 0.3) is 0 Å². The van der Waals surface area contributed by atoms with Crippen molar-refractivity contribution in [1.82, 2.24) is 0 Å². The van der Waals surface area contributed by atoms with Crippen molar-refractivity contribution >= 4 is 0 Å².